The second kappa shape index (κ2) is 13.9. The third-order valence-corrected chi connectivity index (χ3v) is 2.25. The summed E-state index contributed by atoms with van der Waals surface area (Å²) in [5, 5.41) is 14.0. The van der Waals surface area contributed by atoms with Gasteiger partial charge in [-0.2, -0.15) is 0 Å². The van der Waals surface area contributed by atoms with Gasteiger partial charge in [0.1, 0.15) is 0 Å². The summed E-state index contributed by atoms with van der Waals surface area (Å²) in [6.45, 7) is 5.03. The third kappa shape index (κ3) is 9.50. The molecule has 1 aliphatic rings. The van der Waals surface area contributed by atoms with Gasteiger partial charge in [-0.05, 0) is 19.8 Å². The number of aliphatic hydroxyl groups is 2. The summed E-state index contributed by atoms with van der Waals surface area (Å²) < 4.78 is 16.4. The lowest BCUT2D eigenvalue weighted by Gasteiger charge is -2.32. The minimum Gasteiger partial charge on any atom is -0.400 e. The molecular formula is C12H28O5. The molecule has 5 nitrogen and oxygen atoms in total. The Kier molecular flexibility index (Phi) is 15.6. The molecule has 1 rings (SSSR count). The highest BCUT2D eigenvalue weighted by Crippen LogP contribution is 2.22. The fraction of sp³-hybridized carbons (Fsp3) is 1.00. The van der Waals surface area contributed by atoms with Gasteiger partial charge in [0.25, 0.3) is 0 Å². The molecule has 0 unspecified atom stereocenters. The van der Waals surface area contributed by atoms with Gasteiger partial charge in [0, 0.05) is 34.4 Å². The highest BCUT2D eigenvalue weighted by atomic mass is 16.7. The topological polar surface area (TPSA) is 68.2 Å². The highest BCUT2D eigenvalue weighted by Gasteiger charge is 2.27. The fourth-order valence-electron chi connectivity index (χ4n) is 1.62. The summed E-state index contributed by atoms with van der Waals surface area (Å²) in [7, 11) is 3.68. The molecule has 17 heavy (non-hydrogen) atoms. The first kappa shape index (κ1) is 19.1. The van der Waals surface area contributed by atoms with E-state index in [1.807, 2.05) is 0 Å². The van der Waals surface area contributed by atoms with Gasteiger partial charge in [-0.25, -0.2) is 0 Å². The molecule has 0 radical (unpaired) electrons. The van der Waals surface area contributed by atoms with Crippen LogP contribution in [0.25, 0.3) is 0 Å². The van der Waals surface area contributed by atoms with Crippen LogP contribution < -0.4 is 0 Å². The van der Waals surface area contributed by atoms with Crippen molar-refractivity contribution in [2.45, 2.75) is 51.6 Å². The smallest absolute Gasteiger partial charge is 0.160 e. The van der Waals surface area contributed by atoms with Crippen molar-refractivity contribution in [3.8, 4) is 0 Å². The van der Waals surface area contributed by atoms with Crippen LogP contribution in [0.2, 0.25) is 0 Å². The van der Waals surface area contributed by atoms with Crippen LogP contribution in [0.1, 0.15) is 33.1 Å². The zero-order valence-corrected chi connectivity index (χ0v) is 11.7. The summed E-state index contributed by atoms with van der Waals surface area (Å²) in [5.41, 5.74) is 0. The van der Waals surface area contributed by atoms with Crippen LogP contribution in [0.5, 0.6) is 0 Å². The molecule has 3 atom stereocenters. The molecule has 0 aromatic rings. The van der Waals surface area contributed by atoms with Gasteiger partial charge < -0.3 is 24.4 Å². The third-order valence-electron chi connectivity index (χ3n) is 2.25. The quantitative estimate of drug-likeness (QED) is 0.786. The van der Waals surface area contributed by atoms with Crippen molar-refractivity contribution in [2.75, 3.05) is 27.9 Å². The number of ether oxygens (including phenoxy) is 3. The van der Waals surface area contributed by atoms with Crippen LogP contribution in [0, 0.1) is 0 Å². The zero-order chi connectivity index (χ0) is 13.7. The second-order valence-electron chi connectivity index (χ2n) is 3.58. The normalized spacial score (nSPS) is 27.4. The van der Waals surface area contributed by atoms with Gasteiger partial charge in [0.2, 0.25) is 0 Å². The van der Waals surface area contributed by atoms with E-state index in [0.29, 0.717) is 6.10 Å². The zero-order valence-electron chi connectivity index (χ0n) is 11.7. The van der Waals surface area contributed by atoms with Crippen LogP contribution in [0.15, 0.2) is 0 Å². The number of hydrogen-bond donors (Lipinski definition) is 2. The lowest BCUT2D eigenvalue weighted by atomic mass is 10.1. The van der Waals surface area contributed by atoms with Gasteiger partial charge in [0.05, 0.1) is 12.2 Å². The molecule has 1 aliphatic heterocycles. The fourth-order valence-corrected chi connectivity index (χ4v) is 1.62. The van der Waals surface area contributed by atoms with Gasteiger partial charge >= 0.3 is 0 Å². The molecular weight excluding hydrogens is 224 g/mol. The Hall–Kier alpha value is -0.200. The van der Waals surface area contributed by atoms with E-state index in [9.17, 15) is 0 Å². The van der Waals surface area contributed by atoms with Gasteiger partial charge in [0.15, 0.2) is 6.29 Å². The van der Waals surface area contributed by atoms with E-state index in [2.05, 4.69) is 13.8 Å². The van der Waals surface area contributed by atoms with Crippen LogP contribution in [0.3, 0.4) is 0 Å². The Morgan fingerprint density at radius 1 is 1.18 bits per heavy atom. The monoisotopic (exact) mass is 252 g/mol. The first-order valence-corrected chi connectivity index (χ1v) is 5.95. The second-order valence-corrected chi connectivity index (χ2v) is 3.58. The predicted molar refractivity (Wildman–Crippen MR) is 66.9 cm³/mol. The minimum absolute atomic E-state index is 0.0781. The maximum absolute atomic E-state index is 7.00. The molecule has 106 valence electrons. The van der Waals surface area contributed by atoms with Crippen molar-refractivity contribution < 1.29 is 24.4 Å². The van der Waals surface area contributed by atoms with Gasteiger partial charge in [-0.1, -0.05) is 6.92 Å². The van der Waals surface area contributed by atoms with Crippen molar-refractivity contribution in [3.05, 3.63) is 0 Å². The van der Waals surface area contributed by atoms with E-state index < -0.39 is 0 Å². The number of hydrogen-bond acceptors (Lipinski definition) is 5. The van der Waals surface area contributed by atoms with E-state index in [4.69, 9.17) is 24.4 Å². The molecule has 0 aliphatic carbocycles. The van der Waals surface area contributed by atoms with Crippen molar-refractivity contribution in [2.24, 2.45) is 0 Å². The Morgan fingerprint density at radius 2 is 1.76 bits per heavy atom. The molecule has 1 saturated heterocycles. The summed E-state index contributed by atoms with van der Waals surface area (Å²) in [5.74, 6) is 0. The molecule has 5 heteroatoms. The lowest BCUT2D eigenvalue weighted by Crippen LogP contribution is -2.36. The van der Waals surface area contributed by atoms with Crippen LogP contribution >= 0.6 is 0 Å². The standard InChI is InChI=1S/C10H20O3.2CH4O/c1-4-5-12-9-6-8(2)13-10(7-9)11-3;2*1-2/h8-10H,4-7H2,1-3H3;2*2H,1H3/t8-,9+,10+;;/m0../s1. The van der Waals surface area contributed by atoms with Gasteiger partial charge in [-0.15, -0.1) is 0 Å². The average molecular weight is 252 g/mol. The summed E-state index contributed by atoms with van der Waals surface area (Å²) in [6.07, 6.45) is 3.41. The molecule has 0 amide bonds. The van der Waals surface area contributed by atoms with Crippen molar-refractivity contribution in [3.63, 3.8) is 0 Å². The predicted octanol–water partition coefficient (Wildman–Crippen LogP) is 1.17. The summed E-state index contributed by atoms with van der Waals surface area (Å²) in [6, 6.07) is 0. The van der Waals surface area contributed by atoms with Crippen LogP contribution in [-0.4, -0.2) is 56.6 Å². The van der Waals surface area contributed by atoms with Crippen LogP contribution in [-0.2, 0) is 14.2 Å². The minimum atomic E-state index is -0.0781. The molecule has 0 aromatic heterocycles. The summed E-state index contributed by atoms with van der Waals surface area (Å²) in [4.78, 5) is 0. The number of methoxy groups -OCH3 is 1. The first-order valence-electron chi connectivity index (χ1n) is 5.95. The van der Waals surface area contributed by atoms with E-state index in [1.54, 1.807) is 7.11 Å². The molecule has 0 bridgehead atoms. The van der Waals surface area contributed by atoms with Crippen molar-refractivity contribution in [1.82, 2.24) is 0 Å². The molecule has 1 heterocycles. The van der Waals surface area contributed by atoms with Crippen molar-refractivity contribution in [1.29, 1.82) is 0 Å². The number of rotatable bonds is 4. The number of aliphatic hydroxyl groups excluding tert-OH is 2. The molecule has 2 N–H and O–H groups in total. The molecule has 0 spiro atoms. The van der Waals surface area contributed by atoms with Gasteiger partial charge in [-0.3, -0.25) is 0 Å². The Morgan fingerprint density at radius 3 is 2.24 bits per heavy atom. The molecule has 0 aromatic carbocycles. The van der Waals surface area contributed by atoms with Crippen molar-refractivity contribution >= 4 is 0 Å². The lowest BCUT2D eigenvalue weighted by molar-refractivity contribution is -0.206. The first-order chi connectivity index (χ1) is 8.26. The molecule has 0 saturated carbocycles. The SMILES string of the molecule is CCCO[C@H]1C[C@H](OC)O[C@@H](C)C1.CO.CO. The van der Waals surface area contributed by atoms with E-state index in [-0.39, 0.29) is 12.4 Å². The summed E-state index contributed by atoms with van der Waals surface area (Å²) >= 11 is 0. The largest absolute Gasteiger partial charge is 0.400 e. The Balaban J connectivity index is 0. The van der Waals surface area contributed by atoms with E-state index in [1.165, 1.54) is 0 Å². The average Bonchev–Trinajstić information content (AvgIpc) is 2.40. The van der Waals surface area contributed by atoms with Crippen LogP contribution in [0.4, 0.5) is 0 Å². The Bertz CT molecular complexity index is 143. The Labute approximate surface area is 105 Å². The van der Waals surface area contributed by atoms with E-state index in [0.717, 1.165) is 40.1 Å². The molecule has 1 fully saturated rings. The maximum Gasteiger partial charge on any atom is 0.160 e. The highest BCUT2D eigenvalue weighted by molar-refractivity contribution is 4.71. The van der Waals surface area contributed by atoms with E-state index >= 15 is 0 Å². The maximum atomic E-state index is 7.00.